The van der Waals surface area contributed by atoms with Crippen LogP contribution in [0, 0.1) is 13.8 Å². The van der Waals surface area contributed by atoms with Gasteiger partial charge in [0.2, 0.25) is 0 Å². The number of ether oxygens (including phenoxy) is 2. The van der Waals surface area contributed by atoms with Crippen LogP contribution in [0.5, 0.6) is 11.5 Å². The lowest BCUT2D eigenvalue weighted by atomic mass is 9.98. The highest BCUT2D eigenvalue weighted by Crippen LogP contribution is 2.23. The predicted molar refractivity (Wildman–Crippen MR) is 131 cm³/mol. The highest BCUT2D eigenvalue weighted by molar-refractivity contribution is 6.04. The molecule has 3 aromatic rings. The molecule has 0 aliphatic rings. The summed E-state index contributed by atoms with van der Waals surface area (Å²) in [6.07, 6.45) is 0.805. The van der Waals surface area contributed by atoms with E-state index in [1.165, 1.54) is 11.1 Å². The Balaban J connectivity index is 1.41. The van der Waals surface area contributed by atoms with Crippen molar-refractivity contribution in [1.82, 2.24) is 0 Å². The molecule has 3 rings (SSSR count). The molecule has 5 heteroatoms. The van der Waals surface area contributed by atoms with E-state index in [-0.39, 0.29) is 18.3 Å². The van der Waals surface area contributed by atoms with Gasteiger partial charge in [-0.25, -0.2) is 0 Å². The largest absolute Gasteiger partial charge is 0.494 e. The molecule has 0 atom stereocenters. The van der Waals surface area contributed by atoms with Crippen molar-refractivity contribution in [3.63, 3.8) is 0 Å². The van der Waals surface area contributed by atoms with Crippen LogP contribution in [0.15, 0.2) is 66.7 Å². The summed E-state index contributed by atoms with van der Waals surface area (Å²) in [6.45, 7) is 8.85. The molecule has 0 aliphatic heterocycles. The molecule has 0 spiro atoms. The van der Waals surface area contributed by atoms with Crippen molar-refractivity contribution < 1.29 is 19.1 Å². The molecule has 0 saturated carbocycles. The van der Waals surface area contributed by atoms with E-state index in [0.717, 1.165) is 17.0 Å². The first-order valence-electron chi connectivity index (χ1n) is 11.2. The molecule has 1 amide bonds. The Morgan fingerprint density at radius 2 is 1.55 bits per heavy atom. The van der Waals surface area contributed by atoms with E-state index in [1.807, 2.05) is 43.3 Å². The van der Waals surface area contributed by atoms with E-state index < -0.39 is 0 Å². The van der Waals surface area contributed by atoms with Crippen LogP contribution in [-0.4, -0.2) is 18.5 Å². The minimum atomic E-state index is -0.332. The van der Waals surface area contributed by atoms with Crippen LogP contribution in [0.25, 0.3) is 0 Å². The van der Waals surface area contributed by atoms with E-state index in [0.29, 0.717) is 30.3 Å². The second-order valence-corrected chi connectivity index (χ2v) is 8.44. The maximum Gasteiger partial charge on any atom is 0.311 e. The van der Waals surface area contributed by atoms with Gasteiger partial charge in [0.05, 0.1) is 6.61 Å². The molecule has 5 nitrogen and oxygen atoms in total. The van der Waals surface area contributed by atoms with Crippen LogP contribution in [0.1, 0.15) is 59.7 Å². The van der Waals surface area contributed by atoms with Gasteiger partial charge in [-0.15, -0.1) is 0 Å². The lowest BCUT2D eigenvalue weighted by molar-refractivity contribution is -0.134. The highest BCUT2D eigenvalue weighted by Gasteiger charge is 2.09. The quantitative estimate of drug-likeness (QED) is 0.234. The first kappa shape index (κ1) is 24.1. The smallest absolute Gasteiger partial charge is 0.311 e. The average Bonchev–Trinajstić information content (AvgIpc) is 2.78. The Labute approximate surface area is 195 Å². The fourth-order valence-electron chi connectivity index (χ4n) is 3.49. The minimum absolute atomic E-state index is 0.217. The molecular weight excluding hydrogens is 414 g/mol. The van der Waals surface area contributed by atoms with Crippen molar-refractivity contribution in [2.24, 2.45) is 0 Å². The normalized spacial score (nSPS) is 10.7. The van der Waals surface area contributed by atoms with E-state index in [2.05, 4.69) is 32.2 Å². The molecule has 0 saturated heterocycles. The molecule has 0 aliphatic carbocycles. The Morgan fingerprint density at radius 3 is 2.18 bits per heavy atom. The van der Waals surface area contributed by atoms with Crippen LogP contribution in [0.2, 0.25) is 0 Å². The van der Waals surface area contributed by atoms with Gasteiger partial charge < -0.3 is 14.8 Å². The highest BCUT2D eigenvalue weighted by atomic mass is 16.5. The number of hydrogen-bond donors (Lipinski definition) is 1. The number of nitrogens with one attached hydrogen (secondary N) is 1. The summed E-state index contributed by atoms with van der Waals surface area (Å²) < 4.78 is 11.1. The summed E-state index contributed by atoms with van der Waals surface area (Å²) in [4.78, 5) is 24.5. The second kappa shape index (κ2) is 11.3. The van der Waals surface area contributed by atoms with Crippen molar-refractivity contribution in [1.29, 1.82) is 0 Å². The van der Waals surface area contributed by atoms with E-state index >= 15 is 0 Å². The van der Waals surface area contributed by atoms with Crippen LogP contribution in [-0.2, 0) is 4.79 Å². The molecular formula is C28H31NO4. The first-order valence-corrected chi connectivity index (χ1v) is 11.2. The predicted octanol–water partition coefficient (Wildman–Crippen LogP) is 6.44. The molecule has 0 unspecified atom stereocenters. The Hall–Kier alpha value is -3.60. The summed E-state index contributed by atoms with van der Waals surface area (Å²) in [5.41, 5.74) is 4.86. The standard InChI is InChI=1S/C28H31NO4/c1-19(2)26-16-15-25(18-21(26)4)32-17-5-6-27(30)33-24-13-9-22(10-14-24)28(31)29-23-11-7-20(3)8-12-23/h7-16,18-19H,5-6,17H2,1-4H3,(H,29,31). The van der Waals surface area contributed by atoms with Gasteiger partial charge in [0.1, 0.15) is 11.5 Å². The third-order valence-electron chi connectivity index (χ3n) is 5.31. The number of esters is 1. The number of rotatable bonds is 9. The number of amides is 1. The summed E-state index contributed by atoms with van der Waals surface area (Å²) in [5.74, 6) is 1.15. The zero-order valence-corrected chi connectivity index (χ0v) is 19.7. The summed E-state index contributed by atoms with van der Waals surface area (Å²) in [7, 11) is 0. The van der Waals surface area contributed by atoms with Crippen LogP contribution >= 0.6 is 0 Å². The molecule has 0 heterocycles. The van der Waals surface area contributed by atoms with Crippen molar-refractivity contribution in [3.05, 3.63) is 89.0 Å². The van der Waals surface area contributed by atoms with Gasteiger partial charge in [0, 0.05) is 17.7 Å². The Morgan fingerprint density at radius 1 is 0.879 bits per heavy atom. The monoisotopic (exact) mass is 445 g/mol. The molecule has 0 bridgehead atoms. The van der Waals surface area contributed by atoms with Gasteiger partial charge in [0.25, 0.3) is 5.91 Å². The number of carbonyl (C=O) groups is 2. The molecule has 0 radical (unpaired) electrons. The number of carbonyl (C=O) groups excluding carboxylic acids is 2. The van der Waals surface area contributed by atoms with Crippen molar-refractivity contribution >= 4 is 17.6 Å². The zero-order chi connectivity index (χ0) is 23.8. The van der Waals surface area contributed by atoms with Gasteiger partial charge in [-0.1, -0.05) is 37.6 Å². The fourth-order valence-corrected chi connectivity index (χ4v) is 3.49. The molecule has 33 heavy (non-hydrogen) atoms. The molecule has 3 aromatic carbocycles. The maximum absolute atomic E-state index is 12.4. The van der Waals surface area contributed by atoms with Gasteiger partial charge >= 0.3 is 5.97 Å². The maximum atomic E-state index is 12.4. The van der Waals surface area contributed by atoms with Crippen molar-refractivity contribution in [2.75, 3.05) is 11.9 Å². The van der Waals surface area contributed by atoms with E-state index in [1.54, 1.807) is 24.3 Å². The van der Waals surface area contributed by atoms with Crippen molar-refractivity contribution in [3.8, 4) is 11.5 Å². The third-order valence-corrected chi connectivity index (χ3v) is 5.31. The van der Waals surface area contributed by atoms with Crippen LogP contribution in [0.4, 0.5) is 5.69 Å². The number of hydrogen-bond acceptors (Lipinski definition) is 4. The first-order chi connectivity index (χ1) is 15.8. The lowest BCUT2D eigenvalue weighted by Gasteiger charge is -2.12. The second-order valence-electron chi connectivity index (χ2n) is 8.44. The molecule has 172 valence electrons. The van der Waals surface area contributed by atoms with Gasteiger partial charge in [-0.2, -0.15) is 0 Å². The Bertz CT molecular complexity index is 1090. The van der Waals surface area contributed by atoms with E-state index in [4.69, 9.17) is 9.47 Å². The average molecular weight is 446 g/mol. The number of benzene rings is 3. The molecule has 0 aromatic heterocycles. The Kier molecular flexibility index (Phi) is 8.25. The molecule has 0 fully saturated rings. The lowest BCUT2D eigenvalue weighted by Crippen LogP contribution is -2.12. The fraction of sp³-hybridized carbons (Fsp3) is 0.286. The van der Waals surface area contributed by atoms with Crippen molar-refractivity contribution in [2.45, 2.75) is 46.5 Å². The summed E-state index contributed by atoms with van der Waals surface area (Å²) in [5, 5.41) is 2.84. The SMILES string of the molecule is Cc1ccc(NC(=O)c2ccc(OC(=O)CCCOc3ccc(C(C)C)c(C)c3)cc2)cc1. The number of anilines is 1. The van der Waals surface area contributed by atoms with Gasteiger partial charge in [-0.05, 0) is 85.8 Å². The van der Waals surface area contributed by atoms with Gasteiger partial charge in [-0.3, -0.25) is 9.59 Å². The molecule has 1 N–H and O–H groups in total. The third kappa shape index (κ3) is 7.21. The topological polar surface area (TPSA) is 64.6 Å². The number of aryl methyl sites for hydroxylation is 2. The zero-order valence-electron chi connectivity index (χ0n) is 19.7. The summed E-state index contributed by atoms with van der Waals surface area (Å²) >= 11 is 0. The van der Waals surface area contributed by atoms with E-state index in [9.17, 15) is 9.59 Å². The van der Waals surface area contributed by atoms with Crippen LogP contribution in [0.3, 0.4) is 0 Å². The van der Waals surface area contributed by atoms with Gasteiger partial charge in [0.15, 0.2) is 0 Å². The minimum Gasteiger partial charge on any atom is -0.494 e. The van der Waals surface area contributed by atoms with Crippen LogP contribution < -0.4 is 14.8 Å². The summed E-state index contributed by atoms with van der Waals surface area (Å²) in [6, 6.07) is 20.2.